The van der Waals surface area contributed by atoms with Crippen molar-refractivity contribution in [2.24, 2.45) is 5.92 Å². The quantitative estimate of drug-likeness (QED) is 0.329. The fourth-order valence-corrected chi connectivity index (χ4v) is 3.81. The molecule has 0 amide bonds. The zero-order valence-corrected chi connectivity index (χ0v) is 18.3. The van der Waals surface area contributed by atoms with Crippen LogP contribution in [0.1, 0.15) is 12.5 Å². The van der Waals surface area contributed by atoms with Crippen LogP contribution in [0, 0.1) is 5.92 Å². The summed E-state index contributed by atoms with van der Waals surface area (Å²) in [6, 6.07) is 15.0. The standard InChI is InChI=1S/C26H20N2O6/c1-16-13-21(30)24(26(31)34-16)20(29)9-7-18-15-28(19-5-3-2-4-6-19)27-25(18)17-8-10-22-23(14-17)33-12-11-32-22/h2-10,13-15,24H,11-12H2,1H3. The molecule has 2 aliphatic heterocycles. The maximum atomic E-state index is 12.7. The van der Waals surface area contributed by atoms with E-state index in [2.05, 4.69) is 0 Å². The second-order valence-corrected chi connectivity index (χ2v) is 7.82. The summed E-state index contributed by atoms with van der Waals surface area (Å²) in [6.45, 7) is 2.43. The number of aromatic nitrogens is 2. The fraction of sp³-hybridized carbons (Fsp3) is 0.154. The number of hydrogen-bond acceptors (Lipinski definition) is 7. The van der Waals surface area contributed by atoms with Gasteiger partial charge < -0.3 is 14.2 Å². The van der Waals surface area contributed by atoms with E-state index in [1.165, 1.54) is 13.0 Å². The molecular weight excluding hydrogens is 436 g/mol. The van der Waals surface area contributed by atoms with Crippen LogP contribution in [0.5, 0.6) is 11.5 Å². The van der Waals surface area contributed by atoms with Crippen LogP contribution < -0.4 is 9.47 Å². The van der Waals surface area contributed by atoms with Gasteiger partial charge in [0.2, 0.25) is 0 Å². The molecule has 0 bridgehead atoms. The van der Waals surface area contributed by atoms with Crippen molar-refractivity contribution in [3.05, 3.63) is 78.2 Å². The van der Waals surface area contributed by atoms with Crippen LogP contribution in [0.4, 0.5) is 0 Å². The van der Waals surface area contributed by atoms with Gasteiger partial charge in [0.25, 0.3) is 0 Å². The molecule has 0 spiro atoms. The molecular formula is C26H20N2O6. The van der Waals surface area contributed by atoms with Gasteiger partial charge in [-0.2, -0.15) is 5.10 Å². The van der Waals surface area contributed by atoms with Crippen LogP contribution >= 0.6 is 0 Å². The zero-order chi connectivity index (χ0) is 23.7. The molecule has 0 N–H and O–H groups in total. The number of carbonyl (C=O) groups excluding carboxylic acids is 3. The lowest BCUT2D eigenvalue weighted by Gasteiger charge is -2.18. The molecule has 1 unspecified atom stereocenters. The van der Waals surface area contributed by atoms with Gasteiger partial charge in [-0.3, -0.25) is 14.4 Å². The Morgan fingerprint density at radius 1 is 1.06 bits per heavy atom. The summed E-state index contributed by atoms with van der Waals surface area (Å²) in [5.74, 6) is -2.17. The molecule has 8 nitrogen and oxygen atoms in total. The highest BCUT2D eigenvalue weighted by Crippen LogP contribution is 2.35. The number of fused-ring (bicyclic) bond motifs is 1. The van der Waals surface area contributed by atoms with Crippen molar-refractivity contribution in [2.75, 3.05) is 13.2 Å². The van der Waals surface area contributed by atoms with E-state index in [9.17, 15) is 14.4 Å². The highest BCUT2D eigenvalue weighted by molar-refractivity contribution is 6.25. The highest BCUT2D eigenvalue weighted by Gasteiger charge is 2.36. The Morgan fingerprint density at radius 3 is 2.59 bits per heavy atom. The summed E-state index contributed by atoms with van der Waals surface area (Å²) in [6.07, 6.45) is 5.70. The smallest absolute Gasteiger partial charge is 0.329 e. The van der Waals surface area contributed by atoms with E-state index in [0.717, 1.165) is 17.3 Å². The third kappa shape index (κ3) is 4.13. The van der Waals surface area contributed by atoms with Gasteiger partial charge in [-0.1, -0.05) is 18.2 Å². The molecule has 2 aromatic carbocycles. The maximum absolute atomic E-state index is 12.7. The Morgan fingerprint density at radius 2 is 1.82 bits per heavy atom. The number of nitrogens with zero attached hydrogens (tertiary/aromatic N) is 2. The topological polar surface area (TPSA) is 96.7 Å². The molecule has 0 saturated carbocycles. The molecule has 170 valence electrons. The molecule has 5 rings (SSSR count). The molecule has 2 aliphatic rings. The van der Waals surface area contributed by atoms with Gasteiger partial charge in [0.1, 0.15) is 24.7 Å². The number of hydrogen-bond donors (Lipinski definition) is 0. The number of rotatable bonds is 5. The van der Waals surface area contributed by atoms with Crippen molar-refractivity contribution in [1.82, 2.24) is 9.78 Å². The number of ether oxygens (including phenoxy) is 3. The van der Waals surface area contributed by atoms with Crippen molar-refractivity contribution in [3.8, 4) is 28.4 Å². The average Bonchev–Trinajstić information content (AvgIpc) is 3.27. The molecule has 34 heavy (non-hydrogen) atoms. The van der Waals surface area contributed by atoms with Gasteiger partial charge in [0.15, 0.2) is 29.0 Å². The van der Waals surface area contributed by atoms with E-state index in [0.29, 0.717) is 36.0 Å². The number of benzene rings is 2. The first-order chi connectivity index (χ1) is 16.5. The monoisotopic (exact) mass is 456 g/mol. The molecule has 0 saturated heterocycles. The lowest BCUT2D eigenvalue weighted by Crippen LogP contribution is -2.34. The van der Waals surface area contributed by atoms with Crippen LogP contribution in [0.25, 0.3) is 23.0 Å². The van der Waals surface area contributed by atoms with E-state index in [-0.39, 0.29) is 5.76 Å². The number of esters is 1. The highest BCUT2D eigenvalue weighted by atomic mass is 16.6. The first-order valence-corrected chi connectivity index (χ1v) is 10.7. The summed E-state index contributed by atoms with van der Waals surface area (Å²) >= 11 is 0. The minimum absolute atomic E-state index is 0.174. The van der Waals surface area contributed by atoms with Gasteiger partial charge >= 0.3 is 5.97 Å². The van der Waals surface area contributed by atoms with E-state index in [4.69, 9.17) is 19.3 Å². The van der Waals surface area contributed by atoms with E-state index >= 15 is 0 Å². The van der Waals surface area contributed by atoms with E-state index < -0.39 is 23.5 Å². The zero-order valence-electron chi connectivity index (χ0n) is 18.3. The lowest BCUT2D eigenvalue weighted by molar-refractivity contribution is -0.151. The molecule has 0 aliphatic carbocycles. The van der Waals surface area contributed by atoms with Gasteiger partial charge in [0.05, 0.1) is 5.69 Å². The van der Waals surface area contributed by atoms with E-state index in [1.807, 2.05) is 48.5 Å². The van der Waals surface area contributed by atoms with Gasteiger partial charge in [-0.25, -0.2) is 4.68 Å². The van der Waals surface area contributed by atoms with Crippen LogP contribution in [0.2, 0.25) is 0 Å². The molecule has 0 radical (unpaired) electrons. The first-order valence-electron chi connectivity index (χ1n) is 10.7. The average molecular weight is 456 g/mol. The summed E-state index contributed by atoms with van der Waals surface area (Å²) in [5.41, 5.74) is 2.81. The summed E-state index contributed by atoms with van der Waals surface area (Å²) < 4.78 is 18.0. The minimum Gasteiger partial charge on any atom is -0.486 e. The number of ketones is 2. The first kappa shape index (κ1) is 21.4. The van der Waals surface area contributed by atoms with Crippen LogP contribution in [-0.4, -0.2) is 40.5 Å². The van der Waals surface area contributed by atoms with Crippen LogP contribution in [0.3, 0.4) is 0 Å². The largest absolute Gasteiger partial charge is 0.486 e. The summed E-state index contributed by atoms with van der Waals surface area (Å²) in [5, 5.41) is 4.72. The second kappa shape index (κ2) is 8.82. The molecule has 1 atom stereocenters. The van der Waals surface area contributed by atoms with Crippen molar-refractivity contribution in [3.63, 3.8) is 0 Å². The number of para-hydroxylation sites is 1. The van der Waals surface area contributed by atoms with Crippen LogP contribution in [0.15, 0.2) is 72.6 Å². The van der Waals surface area contributed by atoms with Crippen LogP contribution in [-0.2, 0) is 19.1 Å². The SMILES string of the molecule is CC1=CC(=O)C(C(=O)C=Cc2cn(-c3ccccc3)nc2-c2ccc3c(c2)OCCO3)C(=O)O1. The molecule has 3 heterocycles. The van der Waals surface area contributed by atoms with Gasteiger partial charge in [0, 0.05) is 23.4 Å². The Labute approximate surface area is 195 Å². The van der Waals surface area contributed by atoms with Crippen molar-refractivity contribution in [1.29, 1.82) is 0 Å². The molecule has 1 aromatic heterocycles. The number of allylic oxidation sites excluding steroid dienone is 3. The third-order valence-corrected chi connectivity index (χ3v) is 5.42. The van der Waals surface area contributed by atoms with Crippen molar-refractivity contribution in [2.45, 2.75) is 6.92 Å². The van der Waals surface area contributed by atoms with E-state index in [1.54, 1.807) is 17.0 Å². The summed E-state index contributed by atoms with van der Waals surface area (Å²) in [7, 11) is 0. The lowest BCUT2D eigenvalue weighted by atomic mass is 9.95. The predicted octanol–water partition coefficient (Wildman–Crippen LogP) is 3.54. The molecule has 0 fully saturated rings. The molecule has 8 heteroatoms. The maximum Gasteiger partial charge on any atom is 0.329 e. The Balaban J connectivity index is 1.52. The Kier molecular flexibility index (Phi) is 5.55. The fourth-order valence-electron chi connectivity index (χ4n) is 3.81. The normalized spacial score (nSPS) is 17.4. The Hall–Kier alpha value is -4.46. The predicted molar refractivity (Wildman–Crippen MR) is 122 cm³/mol. The molecule has 3 aromatic rings. The number of cyclic esters (lactones) is 1. The number of carbonyl (C=O) groups is 3. The Bertz CT molecular complexity index is 1350. The second-order valence-electron chi connectivity index (χ2n) is 7.82. The van der Waals surface area contributed by atoms with Crippen molar-refractivity contribution < 1.29 is 28.6 Å². The van der Waals surface area contributed by atoms with Gasteiger partial charge in [-0.05, 0) is 49.4 Å². The minimum atomic E-state index is -1.50. The third-order valence-electron chi connectivity index (χ3n) is 5.42. The van der Waals surface area contributed by atoms with Crippen molar-refractivity contribution >= 4 is 23.6 Å². The van der Waals surface area contributed by atoms with Gasteiger partial charge in [-0.15, -0.1) is 0 Å². The summed E-state index contributed by atoms with van der Waals surface area (Å²) in [4.78, 5) is 37.0.